The molecule has 5 aromatic rings. The van der Waals surface area contributed by atoms with Crippen LogP contribution in [0.3, 0.4) is 0 Å². The number of hydrogen-bond acceptors (Lipinski definition) is 6. The lowest BCUT2D eigenvalue weighted by molar-refractivity contribution is 0.600. The van der Waals surface area contributed by atoms with Crippen molar-refractivity contribution in [2.45, 2.75) is 5.75 Å². The number of sulfonamides is 1. The van der Waals surface area contributed by atoms with Gasteiger partial charge in [0.2, 0.25) is 10.0 Å². The van der Waals surface area contributed by atoms with Gasteiger partial charge in [0.25, 0.3) is 0 Å². The molecule has 9 heteroatoms. The highest BCUT2D eigenvalue weighted by Gasteiger charge is 2.13. The van der Waals surface area contributed by atoms with Gasteiger partial charge >= 0.3 is 0 Å². The van der Waals surface area contributed by atoms with E-state index in [1.54, 1.807) is 41.2 Å². The molecule has 32 heavy (non-hydrogen) atoms. The maximum absolute atomic E-state index is 12.5. The van der Waals surface area contributed by atoms with Crippen LogP contribution in [0.25, 0.3) is 28.3 Å². The number of nitrogens with one attached hydrogen (secondary N) is 1. The van der Waals surface area contributed by atoms with Gasteiger partial charge in [0.15, 0.2) is 11.5 Å². The van der Waals surface area contributed by atoms with E-state index in [1.165, 1.54) is 0 Å². The molecule has 3 heterocycles. The minimum Gasteiger partial charge on any atom is -0.283 e. The van der Waals surface area contributed by atoms with E-state index < -0.39 is 10.0 Å². The van der Waals surface area contributed by atoms with Crippen molar-refractivity contribution in [3.63, 3.8) is 0 Å². The van der Waals surface area contributed by atoms with Gasteiger partial charge in [-0.05, 0) is 42.0 Å². The summed E-state index contributed by atoms with van der Waals surface area (Å²) < 4.78 is 29.2. The van der Waals surface area contributed by atoms with Crippen molar-refractivity contribution < 1.29 is 8.42 Å². The molecule has 0 atom stereocenters. The minimum absolute atomic E-state index is 0.0848. The average Bonchev–Trinajstić information content (AvgIpc) is 3.23. The summed E-state index contributed by atoms with van der Waals surface area (Å²) in [5, 5.41) is 13.1. The molecule has 158 valence electrons. The second kappa shape index (κ2) is 8.20. The fourth-order valence-electron chi connectivity index (χ4n) is 3.34. The fraction of sp³-hybridized carbons (Fsp3) is 0.0435. The maximum atomic E-state index is 12.5. The van der Waals surface area contributed by atoms with Crippen molar-refractivity contribution in [2.24, 2.45) is 0 Å². The number of hydrogen-bond donors (Lipinski definition) is 1. The highest BCUT2D eigenvalue weighted by atomic mass is 32.2. The van der Waals surface area contributed by atoms with Crippen LogP contribution in [-0.4, -0.2) is 33.2 Å². The molecule has 0 bridgehead atoms. The first kappa shape index (κ1) is 19.8. The third kappa shape index (κ3) is 4.19. The fourth-order valence-corrected chi connectivity index (χ4v) is 4.53. The highest BCUT2D eigenvalue weighted by molar-refractivity contribution is 7.91. The highest BCUT2D eigenvalue weighted by Crippen LogP contribution is 2.23. The Bertz CT molecular complexity index is 1470. The number of benzene rings is 2. The Hall–Kier alpha value is -4.11. The second-order valence-electron chi connectivity index (χ2n) is 7.18. The van der Waals surface area contributed by atoms with Crippen LogP contribution in [0.2, 0.25) is 0 Å². The van der Waals surface area contributed by atoms with Crippen LogP contribution in [-0.2, 0) is 15.8 Å². The van der Waals surface area contributed by atoms with Crippen LogP contribution in [0, 0.1) is 0 Å². The van der Waals surface area contributed by atoms with Gasteiger partial charge in [-0.1, -0.05) is 42.5 Å². The number of aromatic nitrogens is 5. The molecule has 0 fully saturated rings. The average molecular weight is 443 g/mol. The van der Waals surface area contributed by atoms with Gasteiger partial charge in [-0.25, -0.2) is 8.42 Å². The van der Waals surface area contributed by atoms with Crippen LogP contribution >= 0.6 is 0 Å². The summed E-state index contributed by atoms with van der Waals surface area (Å²) in [6.07, 6.45) is 3.41. The number of fused-ring (bicyclic) bond motifs is 1. The summed E-state index contributed by atoms with van der Waals surface area (Å²) >= 11 is 0. The number of nitrogens with zero attached hydrogens (tertiary/aromatic N) is 5. The molecule has 0 radical (unpaired) electrons. The lowest BCUT2D eigenvalue weighted by Crippen LogP contribution is -2.14. The quantitative estimate of drug-likeness (QED) is 0.429. The molecular weight excluding hydrogens is 424 g/mol. The first-order valence-corrected chi connectivity index (χ1v) is 11.5. The summed E-state index contributed by atoms with van der Waals surface area (Å²) in [6, 6.07) is 23.6. The minimum atomic E-state index is -3.51. The first-order valence-electron chi connectivity index (χ1n) is 9.85. The summed E-state index contributed by atoms with van der Waals surface area (Å²) in [5.74, 6) is 0.513. The summed E-state index contributed by atoms with van der Waals surface area (Å²) in [5.41, 5.74) is 4.20. The second-order valence-corrected chi connectivity index (χ2v) is 8.90. The third-order valence-electron chi connectivity index (χ3n) is 4.84. The predicted octanol–water partition coefficient (Wildman–Crippen LogP) is 3.80. The van der Waals surface area contributed by atoms with Crippen LogP contribution < -0.4 is 4.72 Å². The number of rotatable bonds is 6. The molecule has 0 aliphatic heterocycles. The van der Waals surface area contributed by atoms with E-state index in [1.807, 2.05) is 54.6 Å². The predicted molar refractivity (Wildman–Crippen MR) is 122 cm³/mol. The molecule has 0 amide bonds. The van der Waals surface area contributed by atoms with Crippen molar-refractivity contribution in [1.29, 1.82) is 0 Å². The van der Waals surface area contributed by atoms with Gasteiger partial charge in [-0.3, -0.25) is 9.71 Å². The lowest BCUT2D eigenvalue weighted by atomic mass is 10.1. The zero-order valence-electron chi connectivity index (χ0n) is 16.8. The zero-order valence-corrected chi connectivity index (χ0v) is 17.6. The molecule has 0 aliphatic rings. The van der Waals surface area contributed by atoms with Crippen LogP contribution in [0.4, 0.5) is 5.69 Å². The van der Waals surface area contributed by atoms with Gasteiger partial charge < -0.3 is 0 Å². The van der Waals surface area contributed by atoms with Crippen LogP contribution in [0.1, 0.15) is 5.56 Å². The van der Waals surface area contributed by atoms with E-state index in [0.717, 1.165) is 16.7 Å². The molecule has 0 saturated carbocycles. The summed E-state index contributed by atoms with van der Waals surface area (Å²) in [7, 11) is -3.51. The number of anilines is 1. The Balaban J connectivity index is 1.39. The van der Waals surface area contributed by atoms with E-state index in [0.29, 0.717) is 22.9 Å². The van der Waals surface area contributed by atoms with Gasteiger partial charge in [0, 0.05) is 29.2 Å². The van der Waals surface area contributed by atoms with E-state index in [2.05, 4.69) is 25.0 Å². The monoisotopic (exact) mass is 442 g/mol. The SMILES string of the molecule is O=S(=O)(Cc1ccccc1)Nc1ccc(-c2ccc3nnc(-c4cccnc4)n3n2)cc1. The van der Waals surface area contributed by atoms with E-state index in [9.17, 15) is 8.42 Å². The molecule has 0 spiro atoms. The Morgan fingerprint density at radius 1 is 0.812 bits per heavy atom. The Kier molecular flexibility index (Phi) is 5.08. The van der Waals surface area contributed by atoms with Gasteiger partial charge in [0.05, 0.1) is 11.4 Å². The Labute approximate surface area is 184 Å². The Morgan fingerprint density at radius 2 is 1.62 bits per heavy atom. The van der Waals surface area contributed by atoms with Crippen molar-refractivity contribution in [3.8, 4) is 22.6 Å². The van der Waals surface area contributed by atoms with Crippen LogP contribution in [0.15, 0.2) is 91.3 Å². The Morgan fingerprint density at radius 3 is 2.38 bits per heavy atom. The van der Waals surface area contributed by atoms with Crippen molar-refractivity contribution in [3.05, 3.63) is 96.8 Å². The third-order valence-corrected chi connectivity index (χ3v) is 6.10. The first-order chi connectivity index (χ1) is 15.6. The molecule has 2 aromatic carbocycles. The molecule has 0 saturated heterocycles. The topological polar surface area (TPSA) is 102 Å². The largest absolute Gasteiger partial charge is 0.283 e. The molecule has 1 N–H and O–H groups in total. The molecule has 0 aliphatic carbocycles. The summed E-state index contributed by atoms with van der Waals surface area (Å²) in [4.78, 5) is 4.13. The normalized spacial score (nSPS) is 11.5. The van der Waals surface area contributed by atoms with Crippen molar-refractivity contribution in [2.75, 3.05) is 4.72 Å². The standard InChI is InChI=1S/C23H18N6O2S/c30-32(31,16-17-5-2-1-3-6-17)28-20-10-8-18(9-11-20)21-12-13-22-25-26-23(29(22)27-21)19-7-4-14-24-15-19/h1-15,28H,16H2. The van der Waals surface area contributed by atoms with Crippen molar-refractivity contribution in [1.82, 2.24) is 24.8 Å². The number of pyridine rings is 1. The molecule has 0 unspecified atom stereocenters. The van der Waals surface area contributed by atoms with Gasteiger partial charge in [-0.2, -0.15) is 9.61 Å². The molecule has 5 rings (SSSR count). The zero-order chi connectivity index (χ0) is 22.0. The molecule has 8 nitrogen and oxygen atoms in total. The lowest BCUT2D eigenvalue weighted by Gasteiger charge is -2.09. The van der Waals surface area contributed by atoms with Gasteiger partial charge in [0.1, 0.15) is 0 Å². The smallest absolute Gasteiger partial charge is 0.236 e. The van der Waals surface area contributed by atoms with E-state index in [-0.39, 0.29) is 5.75 Å². The maximum Gasteiger partial charge on any atom is 0.236 e. The van der Waals surface area contributed by atoms with E-state index in [4.69, 9.17) is 0 Å². The molecular formula is C23H18N6O2S. The summed E-state index contributed by atoms with van der Waals surface area (Å²) in [6.45, 7) is 0. The molecule has 3 aromatic heterocycles. The van der Waals surface area contributed by atoms with Gasteiger partial charge in [-0.15, -0.1) is 10.2 Å². The van der Waals surface area contributed by atoms with Crippen LogP contribution in [0.5, 0.6) is 0 Å². The van der Waals surface area contributed by atoms with E-state index >= 15 is 0 Å². The van der Waals surface area contributed by atoms with Crippen molar-refractivity contribution >= 4 is 21.4 Å².